The molecule has 1 aliphatic rings. The largest absolute Gasteiger partial charge is 0.455 e. The van der Waals surface area contributed by atoms with Crippen LogP contribution in [-0.2, 0) is 16.4 Å². The molecule has 2 atom stereocenters. The van der Waals surface area contributed by atoms with Crippen LogP contribution in [0.4, 0.5) is 5.69 Å². The lowest BCUT2D eigenvalue weighted by atomic mass is 10.1. The Morgan fingerprint density at radius 3 is 2.34 bits per heavy atom. The van der Waals surface area contributed by atoms with E-state index in [2.05, 4.69) is 4.72 Å². The molecule has 1 aliphatic carbocycles. The number of hydrogen-bond acceptors (Lipinski definition) is 5. The molecule has 3 aromatic rings. The van der Waals surface area contributed by atoms with Gasteiger partial charge in [-0.25, -0.2) is 8.42 Å². The van der Waals surface area contributed by atoms with E-state index in [1.54, 1.807) is 36.0 Å². The Hall–Kier alpha value is -2.48. The fourth-order valence-corrected chi connectivity index (χ4v) is 5.14. The van der Waals surface area contributed by atoms with E-state index in [9.17, 15) is 13.5 Å². The molecule has 0 aliphatic heterocycles. The maximum absolute atomic E-state index is 11.9. The minimum absolute atomic E-state index is 0.0505. The van der Waals surface area contributed by atoms with E-state index < -0.39 is 16.1 Å². The van der Waals surface area contributed by atoms with Crippen LogP contribution in [0.25, 0.3) is 0 Å². The number of benzene rings is 3. The van der Waals surface area contributed by atoms with Crippen LogP contribution >= 0.6 is 11.8 Å². The van der Waals surface area contributed by atoms with Crippen molar-refractivity contribution in [1.29, 1.82) is 0 Å². The van der Waals surface area contributed by atoms with E-state index in [4.69, 9.17) is 4.74 Å². The molecular weight excluding hydrogens is 406 g/mol. The number of anilines is 1. The summed E-state index contributed by atoms with van der Waals surface area (Å²) in [6, 6.07) is 22.6. The van der Waals surface area contributed by atoms with Gasteiger partial charge < -0.3 is 9.84 Å². The van der Waals surface area contributed by atoms with Crippen LogP contribution in [0, 0.1) is 0 Å². The zero-order valence-electron chi connectivity index (χ0n) is 15.8. The fraction of sp³-hybridized carbons (Fsp3) is 0.182. The molecule has 0 fully saturated rings. The van der Waals surface area contributed by atoms with Crippen molar-refractivity contribution in [2.45, 2.75) is 22.7 Å². The number of aliphatic hydroxyl groups is 1. The Bertz CT molecular complexity index is 1100. The summed E-state index contributed by atoms with van der Waals surface area (Å²) in [7, 11) is -3.48. The quantitative estimate of drug-likeness (QED) is 0.601. The molecule has 29 heavy (non-hydrogen) atoms. The first kappa shape index (κ1) is 19.8. The summed E-state index contributed by atoms with van der Waals surface area (Å²) >= 11 is 1.62. The molecule has 4 rings (SSSR count). The number of para-hydroxylation sites is 1. The van der Waals surface area contributed by atoms with Crippen LogP contribution in [-0.4, -0.2) is 25.0 Å². The highest BCUT2D eigenvalue weighted by molar-refractivity contribution is 8.00. The molecule has 0 radical (unpaired) electrons. The van der Waals surface area contributed by atoms with Crippen LogP contribution in [0.15, 0.2) is 77.7 Å². The second kappa shape index (κ2) is 8.10. The second-order valence-electron chi connectivity index (χ2n) is 6.95. The zero-order valence-corrected chi connectivity index (χ0v) is 17.4. The van der Waals surface area contributed by atoms with Gasteiger partial charge in [-0.05, 0) is 53.9 Å². The smallest absolute Gasteiger partial charge is 0.229 e. The number of hydrogen-bond donors (Lipinski definition) is 2. The predicted octanol–water partition coefficient (Wildman–Crippen LogP) is 4.60. The molecule has 0 amide bonds. The van der Waals surface area contributed by atoms with Crippen molar-refractivity contribution < 1.29 is 18.3 Å². The number of fused-ring (bicyclic) bond motifs is 1. The Morgan fingerprint density at radius 1 is 1.03 bits per heavy atom. The summed E-state index contributed by atoms with van der Waals surface area (Å²) in [5, 5.41) is 10.9. The van der Waals surface area contributed by atoms with E-state index in [-0.39, 0.29) is 5.25 Å². The molecule has 0 saturated carbocycles. The van der Waals surface area contributed by atoms with Gasteiger partial charge in [0.15, 0.2) is 5.75 Å². The molecule has 150 valence electrons. The third kappa shape index (κ3) is 4.75. The Kier molecular flexibility index (Phi) is 5.54. The van der Waals surface area contributed by atoms with Gasteiger partial charge in [0, 0.05) is 10.1 Å². The summed E-state index contributed by atoms with van der Waals surface area (Å²) in [5.41, 5.74) is 2.05. The second-order valence-corrected chi connectivity index (χ2v) is 10.0. The Morgan fingerprint density at radius 2 is 1.69 bits per heavy atom. The Balaban J connectivity index is 1.67. The number of thioether (sulfide) groups is 1. The van der Waals surface area contributed by atoms with Crippen molar-refractivity contribution in [3.8, 4) is 11.5 Å². The molecule has 0 spiro atoms. The van der Waals surface area contributed by atoms with Gasteiger partial charge in [-0.15, -0.1) is 11.8 Å². The predicted molar refractivity (Wildman–Crippen MR) is 116 cm³/mol. The van der Waals surface area contributed by atoms with Gasteiger partial charge in [0.05, 0.1) is 18.0 Å². The third-order valence-corrected chi connectivity index (χ3v) is 6.49. The lowest BCUT2D eigenvalue weighted by molar-refractivity contribution is 0.185. The molecule has 0 bridgehead atoms. The summed E-state index contributed by atoms with van der Waals surface area (Å²) in [6.07, 6.45) is 1.08. The zero-order chi connectivity index (χ0) is 20.4. The average molecular weight is 428 g/mol. The molecule has 0 heterocycles. The summed E-state index contributed by atoms with van der Waals surface area (Å²) in [6.45, 7) is 0. The number of sulfonamides is 1. The van der Waals surface area contributed by atoms with E-state index in [1.807, 2.05) is 48.5 Å². The molecule has 3 aromatic carbocycles. The number of nitrogens with one attached hydrogen (secondary N) is 1. The number of aliphatic hydroxyl groups excluding tert-OH is 1. The van der Waals surface area contributed by atoms with Crippen LogP contribution in [0.1, 0.15) is 17.2 Å². The van der Waals surface area contributed by atoms with Crippen LogP contribution < -0.4 is 9.46 Å². The first-order valence-corrected chi connectivity index (χ1v) is 11.9. The summed E-state index contributed by atoms with van der Waals surface area (Å²) in [5.74, 6) is 0.955. The van der Waals surface area contributed by atoms with Gasteiger partial charge in [0.25, 0.3) is 0 Å². The van der Waals surface area contributed by atoms with Crippen molar-refractivity contribution in [3.05, 3.63) is 83.9 Å². The van der Waals surface area contributed by atoms with Crippen molar-refractivity contribution in [3.63, 3.8) is 0 Å². The first-order valence-electron chi connectivity index (χ1n) is 9.16. The molecule has 0 unspecified atom stereocenters. The van der Waals surface area contributed by atoms with E-state index in [0.29, 0.717) is 23.6 Å². The minimum atomic E-state index is -3.48. The SMILES string of the molecule is CS(=O)(=O)Nc1cc2c(cc1Oc1ccccc1)[C@H](O)[C@H](Sc1ccccc1)C2. The molecular formula is C22H21NO4S2. The van der Waals surface area contributed by atoms with Gasteiger partial charge in [0.2, 0.25) is 10.0 Å². The molecule has 2 N–H and O–H groups in total. The maximum atomic E-state index is 11.9. The topological polar surface area (TPSA) is 75.6 Å². The van der Waals surface area contributed by atoms with Crippen molar-refractivity contribution in [2.24, 2.45) is 0 Å². The van der Waals surface area contributed by atoms with Gasteiger partial charge in [-0.3, -0.25) is 4.72 Å². The highest BCUT2D eigenvalue weighted by Gasteiger charge is 2.33. The van der Waals surface area contributed by atoms with Gasteiger partial charge >= 0.3 is 0 Å². The molecule has 0 saturated heterocycles. The molecule has 7 heteroatoms. The number of ether oxygens (including phenoxy) is 1. The normalized spacial score (nSPS) is 18.3. The maximum Gasteiger partial charge on any atom is 0.229 e. The molecule has 0 aromatic heterocycles. The van der Waals surface area contributed by atoms with Gasteiger partial charge in [0.1, 0.15) is 5.75 Å². The number of rotatable bonds is 6. The van der Waals surface area contributed by atoms with Gasteiger partial charge in [-0.1, -0.05) is 36.4 Å². The minimum Gasteiger partial charge on any atom is -0.455 e. The van der Waals surface area contributed by atoms with E-state index in [0.717, 1.165) is 22.3 Å². The fourth-order valence-electron chi connectivity index (χ4n) is 3.38. The van der Waals surface area contributed by atoms with Crippen LogP contribution in [0.5, 0.6) is 11.5 Å². The first-order chi connectivity index (χ1) is 13.9. The lowest BCUT2D eigenvalue weighted by Crippen LogP contribution is -2.11. The highest BCUT2D eigenvalue weighted by atomic mass is 32.2. The van der Waals surface area contributed by atoms with E-state index >= 15 is 0 Å². The van der Waals surface area contributed by atoms with Crippen LogP contribution in [0.3, 0.4) is 0 Å². The lowest BCUT2D eigenvalue weighted by Gasteiger charge is -2.16. The third-order valence-electron chi connectivity index (χ3n) is 4.63. The highest BCUT2D eigenvalue weighted by Crippen LogP contribution is 2.45. The monoisotopic (exact) mass is 427 g/mol. The summed E-state index contributed by atoms with van der Waals surface area (Å²) in [4.78, 5) is 1.08. The van der Waals surface area contributed by atoms with Crippen molar-refractivity contribution >= 4 is 27.5 Å². The average Bonchev–Trinajstić information content (AvgIpc) is 2.97. The van der Waals surface area contributed by atoms with Crippen molar-refractivity contribution in [2.75, 3.05) is 11.0 Å². The molecule has 5 nitrogen and oxygen atoms in total. The summed E-state index contributed by atoms with van der Waals surface area (Å²) < 4.78 is 32.2. The van der Waals surface area contributed by atoms with Crippen molar-refractivity contribution in [1.82, 2.24) is 0 Å². The van der Waals surface area contributed by atoms with Gasteiger partial charge in [-0.2, -0.15) is 0 Å². The van der Waals surface area contributed by atoms with E-state index in [1.165, 1.54) is 0 Å². The standard InChI is InChI=1S/C22H21NO4S2/c1-29(25,26)23-19-12-15-13-21(28-17-10-6-3-7-11-17)22(24)18(15)14-20(19)27-16-8-4-2-5-9-16/h2-12,14,21-24H,13H2,1H3/t21-,22+/m1/s1. The van der Waals surface area contributed by atoms with Crippen LogP contribution in [0.2, 0.25) is 0 Å². The Labute approximate surface area is 174 Å².